The van der Waals surface area contributed by atoms with Gasteiger partial charge in [-0.05, 0) is 42.0 Å². The maximum atomic E-state index is 12.0. The number of cyclic esters (lactones) is 1. The molecule has 2 aromatic rings. The Hall–Kier alpha value is -2.83. The van der Waals surface area contributed by atoms with Crippen molar-refractivity contribution in [3.63, 3.8) is 0 Å². The highest BCUT2D eigenvalue weighted by atomic mass is 35.5. The summed E-state index contributed by atoms with van der Waals surface area (Å²) in [7, 11) is 0. The lowest BCUT2D eigenvalue weighted by molar-refractivity contribution is -0.130. The number of aliphatic imine (C=N–C) groups is 1. The number of amides is 1. The number of carbonyl (C=O) groups excluding carboxylic acids is 2. The van der Waals surface area contributed by atoms with Crippen molar-refractivity contribution in [2.75, 3.05) is 6.61 Å². The number of esters is 1. The first-order valence-electron chi connectivity index (χ1n) is 7.41. The summed E-state index contributed by atoms with van der Waals surface area (Å²) in [6.45, 7) is -0.204. The van der Waals surface area contributed by atoms with Crippen molar-refractivity contribution in [2.45, 2.75) is 0 Å². The standard InChI is InChI=1S/C18H12Cl2N2O4/c19-13-6-3-11(8-14(13)20)17-22-15(18(24)26-17)7-10-1-4-12(5-2-10)25-9-16(21)23/h1-8H,9H2,(H2,21,23). The number of ether oxygens (including phenoxy) is 2. The molecule has 0 bridgehead atoms. The maximum Gasteiger partial charge on any atom is 0.363 e. The third-order valence-electron chi connectivity index (χ3n) is 3.35. The molecule has 3 rings (SSSR count). The number of benzene rings is 2. The summed E-state index contributed by atoms with van der Waals surface area (Å²) in [4.78, 5) is 26.9. The van der Waals surface area contributed by atoms with E-state index in [0.717, 1.165) is 0 Å². The molecule has 0 spiro atoms. The number of nitrogens with zero attached hydrogens (tertiary/aromatic N) is 1. The first kappa shape index (κ1) is 18.0. The molecule has 132 valence electrons. The molecule has 6 nitrogen and oxygen atoms in total. The average Bonchev–Trinajstić information content (AvgIpc) is 2.97. The second-order valence-electron chi connectivity index (χ2n) is 5.29. The zero-order valence-corrected chi connectivity index (χ0v) is 14.8. The molecule has 0 radical (unpaired) electrons. The van der Waals surface area contributed by atoms with Crippen LogP contribution in [0.25, 0.3) is 6.08 Å². The Morgan fingerprint density at radius 3 is 2.54 bits per heavy atom. The average molecular weight is 391 g/mol. The van der Waals surface area contributed by atoms with Crippen LogP contribution in [0.1, 0.15) is 11.1 Å². The SMILES string of the molecule is NC(=O)COc1ccc(C=C2N=C(c3ccc(Cl)c(Cl)c3)OC2=O)cc1. The summed E-state index contributed by atoms with van der Waals surface area (Å²) in [5.74, 6) is -0.490. The molecule has 2 N–H and O–H groups in total. The molecule has 2 aromatic carbocycles. The van der Waals surface area contributed by atoms with E-state index in [0.29, 0.717) is 26.9 Å². The van der Waals surface area contributed by atoms with Crippen LogP contribution in [0, 0.1) is 0 Å². The summed E-state index contributed by atoms with van der Waals surface area (Å²) < 4.78 is 10.4. The van der Waals surface area contributed by atoms with E-state index < -0.39 is 11.9 Å². The quantitative estimate of drug-likeness (QED) is 0.626. The Balaban J connectivity index is 1.79. The smallest absolute Gasteiger partial charge is 0.363 e. The van der Waals surface area contributed by atoms with Gasteiger partial charge in [0.1, 0.15) is 5.75 Å². The Morgan fingerprint density at radius 2 is 1.88 bits per heavy atom. The zero-order valence-electron chi connectivity index (χ0n) is 13.2. The second-order valence-corrected chi connectivity index (χ2v) is 6.10. The van der Waals surface area contributed by atoms with Crippen molar-refractivity contribution >= 4 is 47.1 Å². The van der Waals surface area contributed by atoms with Crippen molar-refractivity contribution in [1.29, 1.82) is 0 Å². The number of halogens is 2. The van der Waals surface area contributed by atoms with Crippen molar-refractivity contribution in [3.05, 3.63) is 69.3 Å². The predicted molar refractivity (Wildman–Crippen MR) is 98.2 cm³/mol. The van der Waals surface area contributed by atoms with Gasteiger partial charge in [-0.25, -0.2) is 9.79 Å². The Labute approximate surface area is 158 Å². The molecule has 26 heavy (non-hydrogen) atoms. The van der Waals surface area contributed by atoms with Gasteiger partial charge in [0.15, 0.2) is 12.3 Å². The molecular weight excluding hydrogens is 379 g/mol. The fourth-order valence-electron chi connectivity index (χ4n) is 2.13. The lowest BCUT2D eigenvalue weighted by atomic mass is 10.2. The lowest BCUT2D eigenvalue weighted by Gasteiger charge is -2.03. The number of hydrogen-bond acceptors (Lipinski definition) is 5. The van der Waals surface area contributed by atoms with Gasteiger partial charge in [-0.15, -0.1) is 0 Å². The van der Waals surface area contributed by atoms with Crippen LogP contribution >= 0.6 is 23.2 Å². The highest BCUT2D eigenvalue weighted by Crippen LogP contribution is 2.26. The minimum atomic E-state index is -0.569. The van der Waals surface area contributed by atoms with Gasteiger partial charge in [-0.3, -0.25) is 4.79 Å². The van der Waals surface area contributed by atoms with E-state index in [-0.39, 0.29) is 18.2 Å². The first-order chi connectivity index (χ1) is 12.4. The van der Waals surface area contributed by atoms with Gasteiger partial charge in [0.05, 0.1) is 10.0 Å². The van der Waals surface area contributed by atoms with Crippen molar-refractivity contribution < 1.29 is 19.1 Å². The Bertz CT molecular complexity index is 937. The number of rotatable bonds is 5. The number of hydrogen-bond donors (Lipinski definition) is 1. The monoisotopic (exact) mass is 390 g/mol. The molecule has 0 aromatic heterocycles. The molecule has 0 fully saturated rings. The van der Waals surface area contributed by atoms with Crippen LogP contribution in [0.15, 0.2) is 53.2 Å². The molecule has 0 saturated carbocycles. The van der Waals surface area contributed by atoms with Crippen LogP contribution in [0.3, 0.4) is 0 Å². The fraction of sp³-hybridized carbons (Fsp3) is 0.0556. The molecule has 0 atom stereocenters. The van der Waals surface area contributed by atoms with Crippen molar-refractivity contribution in [2.24, 2.45) is 10.7 Å². The van der Waals surface area contributed by atoms with E-state index in [1.54, 1.807) is 48.5 Å². The van der Waals surface area contributed by atoms with Gasteiger partial charge in [0.2, 0.25) is 5.90 Å². The van der Waals surface area contributed by atoms with Crippen molar-refractivity contribution in [3.8, 4) is 5.75 Å². The van der Waals surface area contributed by atoms with E-state index in [9.17, 15) is 9.59 Å². The molecule has 1 amide bonds. The second kappa shape index (κ2) is 7.59. The van der Waals surface area contributed by atoms with Gasteiger partial charge < -0.3 is 15.2 Å². The number of primary amides is 1. The normalized spacial score (nSPS) is 14.9. The third-order valence-corrected chi connectivity index (χ3v) is 4.09. The fourth-order valence-corrected chi connectivity index (χ4v) is 2.43. The molecule has 0 aliphatic carbocycles. The molecule has 1 aliphatic heterocycles. The molecule has 1 heterocycles. The van der Waals surface area contributed by atoms with Crippen LogP contribution < -0.4 is 10.5 Å². The molecule has 1 aliphatic rings. The zero-order chi connectivity index (χ0) is 18.7. The summed E-state index contributed by atoms with van der Waals surface area (Å²) >= 11 is 11.8. The van der Waals surface area contributed by atoms with Crippen LogP contribution in [0.2, 0.25) is 10.0 Å². The Kier molecular flexibility index (Phi) is 5.25. The number of nitrogens with two attached hydrogens (primary N) is 1. The summed E-state index contributed by atoms with van der Waals surface area (Å²) in [6.07, 6.45) is 1.57. The Morgan fingerprint density at radius 1 is 1.15 bits per heavy atom. The molecule has 0 unspecified atom stereocenters. The highest BCUT2D eigenvalue weighted by Gasteiger charge is 2.24. The van der Waals surface area contributed by atoms with Crippen LogP contribution in [0.5, 0.6) is 5.75 Å². The minimum Gasteiger partial charge on any atom is -0.484 e. The van der Waals surface area contributed by atoms with E-state index in [1.807, 2.05) is 0 Å². The maximum absolute atomic E-state index is 12.0. The van der Waals surface area contributed by atoms with Crippen LogP contribution in [0.4, 0.5) is 0 Å². The largest absolute Gasteiger partial charge is 0.484 e. The van der Waals surface area contributed by atoms with Gasteiger partial charge in [-0.1, -0.05) is 35.3 Å². The van der Waals surface area contributed by atoms with E-state index in [4.69, 9.17) is 38.4 Å². The molecule has 8 heteroatoms. The summed E-state index contributed by atoms with van der Waals surface area (Å²) in [6, 6.07) is 11.6. The summed E-state index contributed by atoms with van der Waals surface area (Å²) in [5.41, 5.74) is 6.43. The van der Waals surface area contributed by atoms with Gasteiger partial charge >= 0.3 is 5.97 Å². The molecular formula is C18H12Cl2N2O4. The van der Waals surface area contributed by atoms with E-state index in [2.05, 4.69) is 4.99 Å². The van der Waals surface area contributed by atoms with Gasteiger partial charge in [-0.2, -0.15) is 0 Å². The summed E-state index contributed by atoms with van der Waals surface area (Å²) in [5, 5.41) is 0.738. The van der Waals surface area contributed by atoms with Gasteiger partial charge in [0, 0.05) is 5.56 Å². The van der Waals surface area contributed by atoms with E-state index in [1.165, 1.54) is 0 Å². The first-order valence-corrected chi connectivity index (χ1v) is 8.17. The predicted octanol–water partition coefficient (Wildman–Crippen LogP) is 3.20. The van der Waals surface area contributed by atoms with Gasteiger partial charge in [0.25, 0.3) is 5.91 Å². The number of carbonyl (C=O) groups is 2. The van der Waals surface area contributed by atoms with E-state index >= 15 is 0 Å². The lowest BCUT2D eigenvalue weighted by Crippen LogP contribution is -2.19. The minimum absolute atomic E-state index is 0.150. The molecule has 0 saturated heterocycles. The van der Waals surface area contributed by atoms with Crippen molar-refractivity contribution in [1.82, 2.24) is 0 Å². The topological polar surface area (TPSA) is 91.0 Å². The third kappa shape index (κ3) is 4.22. The highest BCUT2D eigenvalue weighted by molar-refractivity contribution is 6.42. The van der Waals surface area contributed by atoms with Crippen LogP contribution in [-0.2, 0) is 14.3 Å². The van der Waals surface area contributed by atoms with Crippen LogP contribution in [-0.4, -0.2) is 24.4 Å².